The molecule has 2 aromatic heterocycles. The number of hydrogen-bond donors (Lipinski definition) is 2. The number of aliphatic hydroxyl groups is 1. The maximum atomic E-state index is 14.1. The van der Waals surface area contributed by atoms with Crippen LogP contribution in [0.1, 0.15) is 39.0 Å². The number of nitrogens with zero attached hydrogens (tertiary/aromatic N) is 3. The average Bonchev–Trinajstić information content (AvgIpc) is 2.83. The van der Waals surface area contributed by atoms with Gasteiger partial charge < -0.3 is 15.2 Å². The first-order chi connectivity index (χ1) is 17.5. The lowest BCUT2D eigenvalue weighted by Crippen LogP contribution is -2.34. The number of ether oxygens (including phenoxy) is 1. The molecule has 0 aliphatic carbocycles. The predicted octanol–water partition coefficient (Wildman–Crippen LogP) is 5.43. The molecule has 37 heavy (non-hydrogen) atoms. The van der Waals surface area contributed by atoms with Crippen molar-refractivity contribution in [3.8, 4) is 0 Å². The van der Waals surface area contributed by atoms with Gasteiger partial charge in [0.15, 0.2) is 7.28 Å². The molecular weight excluding hydrogens is 517 g/mol. The summed E-state index contributed by atoms with van der Waals surface area (Å²) < 4.78 is 21.1. The molecule has 1 radical (unpaired) electrons. The highest BCUT2D eigenvalue weighted by atomic mass is 35.5. The van der Waals surface area contributed by atoms with Crippen molar-refractivity contribution in [1.82, 2.24) is 14.9 Å². The Kier molecular flexibility index (Phi) is 11.4. The van der Waals surface area contributed by atoms with E-state index in [-0.39, 0.29) is 28.4 Å². The fraction of sp³-hybridized carbons (Fsp3) is 0.269. The summed E-state index contributed by atoms with van der Waals surface area (Å²) in [7, 11) is 1.64. The molecule has 0 unspecified atom stereocenters. The highest BCUT2D eigenvalue weighted by Gasteiger charge is 2.21. The standard InChI is InChI=1S/C26H29BCl2FN4O3/c1-6-10-32-23(34-12-7-8-19(25(34)35)26(3,4)36)9-11-31-17(2)13-22(24(29)27-5)37-16-21-20(30)14-18(28)15-33-21/h6-15,31,36H,16H2,1-5H3/b10-6+,11-9+,17-13-,24-22-,32-23-. The van der Waals surface area contributed by atoms with Crippen molar-refractivity contribution in [2.45, 2.75) is 46.7 Å². The Labute approximate surface area is 226 Å². The van der Waals surface area contributed by atoms with Gasteiger partial charge in [-0.2, -0.15) is 0 Å². The first-order valence-electron chi connectivity index (χ1n) is 11.3. The SMILES string of the molecule is C[B]/C(Cl)=C(\C=C(\C)N/C=C/C(=N/C=C/C)n1cccc(C(C)(C)O)c1=O)OCc1ncc(Cl)cc1F. The topological polar surface area (TPSA) is 88.7 Å². The van der Waals surface area contributed by atoms with Crippen LogP contribution < -0.4 is 10.9 Å². The summed E-state index contributed by atoms with van der Waals surface area (Å²) in [5, 5.41) is 13.6. The third-order valence-corrected chi connectivity index (χ3v) is 5.45. The number of pyridine rings is 2. The lowest BCUT2D eigenvalue weighted by molar-refractivity contribution is 0.0768. The van der Waals surface area contributed by atoms with Crippen LogP contribution in [0.3, 0.4) is 0 Å². The van der Waals surface area contributed by atoms with Crippen LogP contribution in [0.25, 0.3) is 0 Å². The first kappa shape index (κ1) is 30.1. The quantitative estimate of drug-likeness (QED) is 0.137. The molecule has 2 rings (SSSR count). The van der Waals surface area contributed by atoms with Gasteiger partial charge in [-0.1, -0.05) is 36.1 Å². The van der Waals surface area contributed by atoms with E-state index in [0.717, 1.165) is 6.07 Å². The molecule has 0 saturated heterocycles. The summed E-state index contributed by atoms with van der Waals surface area (Å²) in [5.74, 6) is 0.0448. The van der Waals surface area contributed by atoms with E-state index in [1.54, 1.807) is 90.8 Å². The highest BCUT2D eigenvalue weighted by molar-refractivity contribution is 6.63. The van der Waals surface area contributed by atoms with Crippen molar-refractivity contribution in [1.29, 1.82) is 0 Å². The minimum absolute atomic E-state index is 0.0879. The van der Waals surface area contributed by atoms with E-state index >= 15 is 0 Å². The number of aliphatic imine (C=N–C) groups is 1. The lowest BCUT2D eigenvalue weighted by atomic mass is 9.81. The molecule has 11 heteroatoms. The fourth-order valence-corrected chi connectivity index (χ4v) is 3.23. The molecule has 0 aliphatic heterocycles. The van der Waals surface area contributed by atoms with E-state index < -0.39 is 11.4 Å². The summed E-state index contributed by atoms with van der Waals surface area (Å²) in [5.41, 5.74) is -0.731. The molecule has 0 aromatic carbocycles. The zero-order valence-electron chi connectivity index (χ0n) is 21.3. The van der Waals surface area contributed by atoms with Gasteiger partial charge in [0.2, 0.25) is 0 Å². The zero-order chi connectivity index (χ0) is 27.6. The van der Waals surface area contributed by atoms with E-state index in [4.69, 9.17) is 27.9 Å². The second kappa shape index (κ2) is 14.0. The summed E-state index contributed by atoms with van der Waals surface area (Å²) in [6.45, 7) is 8.27. The van der Waals surface area contributed by atoms with Crippen molar-refractivity contribution in [3.05, 3.63) is 110 Å². The largest absolute Gasteiger partial charge is 0.487 e. The second-order valence-corrected chi connectivity index (χ2v) is 9.15. The summed E-state index contributed by atoms with van der Waals surface area (Å²) in [4.78, 5) is 21.6. The van der Waals surface area contributed by atoms with Crippen molar-refractivity contribution >= 4 is 36.3 Å². The Bertz CT molecular complexity index is 1310. The van der Waals surface area contributed by atoms with Crippen LogP contribution in [-0.4, -0.2) is 27.8 Å². The molecule has 0 aliphatic rings. The maximum absolute atomic E-state index is 14.1. The number of aromatic nitrogens is 2. The van der Waals surface area contributed by atoms with E-state index in [1.165, 1.54) is 10.8 Å². The minimum atomic E-state index is -1.31. The van der Waals surface area contributed by atoms with Crippen molar-refractivity contribution in [2.75, 3.05) is 0 Å². The van der Waals surface area contributed by atoms with Crippen molar-refractivity contribution < 1.29 is 14.2 Å². The third-order valence-electron chi connectivity index (χ3n) is 4.84. The van der Waals surface area contributed by atoms with Crippen LogP contribution in [0.15, 0.2) is 87.4 Å². The Balaban J connectivity index is 2.26. The number of halogens is 3. The molecule has 0 fully saturated rings. The van der Waals surface area contributed by atoms with Gasteiger partial charge in [0, 0.05) is 41.0 Å². The van der Waals surface area contributed by atoms with Gasteiger partial charge in [-0.25, -0.2) is 9.38 Å². The number of nitrogens with one attached hydrogen (secondary N) is 1. The normalized spacial score (nSPS) is 13.8. The molecule has 2 heterocycles. The van der Waals surface area contributed by atoms with E-state index in [0.29, 0.717) is 22.2 Å². The summed E-state index contributed by atoms with van der Waals surface area (Å²) in [6.07, 6.45) is 11.0. The zero-order valence-corrected chi connectivity index (χ0v) is 22.8. The van der Waals surface area contributed by atoms with Gasteiger partial charge in [0.1, 0.15) is 29.7 Å². The van der Waals surface area contributed by atoms with Gasteiger partial charge in [-0.05, 0) is 58.0 Å². The van der Waals surface area contributed by atoms with Crippen LogP contribution in [0.4, 0.5) is 4.39 Å². The Morgan fingerprint density at radius 3 is 2.78 bits per heavy atom. The molecule has 195 valence electrons. The second-order valence-electron chi connectivity index (χ2n) is 8.30. The van der Waals surface area contributed by atoms with Crippen LogP contribution >= 0.6 is 23.2 Å². The van der Waals surface area contributed by atoms with E-state index in [1.807, 2.05) is 0 Å². The van der Waals surface area contributed by atoms with Gasteiger partial charge in [-0.15, -0.1) is 0 Å². The van der Waals surface area contributed by atoms with Crippen LogP contribution in [0.5, 0.6) is 0 Å². The monoisotopic (exact) mass is 545 g/mol. The average molecular weight is 546 g/mol. The number of rotatable bonds is 10. The fourth-order valence-electron chi connectivity index (χ4n) is 2.98. The Morgan fingerprint density at radius 1 is 1.43 bits per heavy atom. The molecular formula is C26H29BCl2FN4O3. The molecule has 0 amide bonds. The third kappa shape index (κ3) is 9.04. The molecule has 0 saturated carbocycles. The molecule has 2 aromatic rings. The van der Waals surface area contributed by atoms with Gasteiger partial charge in [0.05, 0.1) is 10.6 Å². The Morgan fingerprint density at radius 2 is 2.16 bits per heavy atom. The molecule has 0 atom stereocenters. The van der Waals surface area contributed by atoms with Crippen molar-refractivity contribution in [3.63, 3.8) is 0 Å². The van der Waals surface area contributed by atoms with Gasteiger partial charge >= 0.3 is 0 Å². The molecule has 0 spiro atoms. The lowest BCUT2D eigenvalue weighted by Gasteiger charge is -2.18. The van der Waals surface area contributed by atoms with E-state index in [2.05, 4.69) is 15.3 Å². The summed E-state index contributed by atoms with van der Waals surface area (Å²) in [6, 6.07) is 4.41. The van der Waals surface area contributed by atoms with Crippen LogP contribution in [-0.2, 0) is 16.9 Å². The maximum Gasteiger partial charge on any atom is 0.262 e. The number of hydrogen-bond acceptors (Lipinski definition) is 6. The number of allylic oxidation sites excluding steroid dienone is 4. The van der Waals surface area contributed by atoms with E-state index in [9.17, 15) is 14.3 Å². The smallest absolute Gasteiger partial charge is 0.262 e. The molecule has 7 nitrogen and oxygen atoms in total. The first-order valence-corrected chi connectivity index (χ1v) is 12.1. The predicted molar refractivity (Wildman–Crippen MR) is 148 cm³/mol. The van der Waals surface area contributed by atoms with Crippen LogP contribution in [0.2, 0.25) is 11.8 Å². The highest BCUT2D eigenvalue weighted by Crippen LogP contribution is 2.18. The summed E-state index contributed by atoms with van der Waals surface area (Å²) >= 11 is 12.0. The molecule has 2 N–H and O–H groups in total. The van der Waals surface area contributed by atoms with Crippen molar-refractivity contribution in [2.24, 2.45) is 4.99 Å². The van der Waals surface area contributed by atoms with Gasteiger partial charge in [0.25, 0.3) is 5.56 Å². The Hall–Kier alpha value is -3.14. The van der Waals surface area contributed by atoms with Gasteiger partial charge in [-0.3, -0.25) is 14.3 Å². The minimum Gasteiger partial charge on any atom is -0.487 e. The van der Waals surface area contributed by atoms with Crippen LogP contribution in [0, 0.1) is 5.82 Å². The molecule has 0 bridgehead atoms.